The van der Waals surface area contributed by atoms with Gasteiger partial charge >= 0.3 is 0 Å². The third kappa shape index (κ3) is 4.98. The molecule has 1 fully saturated rings. The van der Waals surface area contributed by atoms with Gasteiger partial charge in [-0.3, -0.25) is 9.59 Å². The van der Waals surface area contributed by atoms with Crippen LogP contribution in [0.4, 0.5) is 5.69 Å². The lowest BCUT2D eigenvalue weighted by molar-refractivity contribution is -0.132. The van der Waals surface area contributed by atoms with Crippen molar-refractivity contribution < 1.29 is 14.3 Å². The molecule has 5 heteroatoms. The number of hydrogen-bond donors (Lipinski definition) is 1. The minimum atomic E-state index is -0.0963. The molecular weight excluding hydrogens is 304 g/mol. The Morgan fingerprint density at radius 3 is 2.58 bits per heavy atom. The third-order valence-electron chi connectivity index (χ3n) is 4.63. The minimum Gasteiger partial charge on any atom is -0.495 e. The molecule has 0 bridgehead atoms. The molecule has 0 atom stereocenters. The zero-order valence-corrected chi connectivity index (χ0v) is 14.9. The Kier molecular flexibility index (Phi) is 6.64. The van der Waals surface area contributed by atoms with Gasteiger partial charge in [0, 0.05) is 25.9 Å². The van der Waals surface area contributed by atoms with E-state index in [9.17, 15) is 9.59 Å². The lowest BCUT2D eigenvalue weighted by atomic mass is 9.94. The van der Waals surface area contributed by atoms with Gasteiger partial charge in [-0.1, -0.05) is 25.3 Å². The van der Waals surface area contributed by atoms with Gasteiger partial charge in [0.15, 0.2) is 0 Å². The van der Waals surface area contributed by atoms with E-state index in [0.717, 1.165) is 18.4 Å². The summed E-state index contributed by atoms with van der Waals surface area (Å²) in [6.07, 6.45) is 5.98. The number of rotatable bonds is 6. The molecule has 1 N–H and O–H groups in total. The zero-order valence-electron chi connectivity index (χ0n) is 14.9. The van der Waals surface area contributed by atoms with Gasteiger partial charge in [-0.15, -0.1) is 0 Å². The van der Waals surface area contributed by atoms with Crippen molar-refractivity contribution in [2.45, 2.75) is 58.4 Å². The number of benzene rings is 1. The number of nitrogens with zero attached hydrogens (tertiary/aromatic N) is 1. The molecule has 24 heavy (non-hydrogen) atoms. The van der Waals surface area contributed by atoms with Crippen LogP contribution < -0.4 is 10.1 Å². The highest BCUT2D eigenvalue weighted by molar-refractivity contribution is 5.92. The van der Waals surface area contributed by atoms with E-state index in [1.54, 1.807) is 14.0 Å². The van der Waals surface area contributed by atoms with Gasteiger partial charge in [0.1, 0.15) is 5.75 Å². The molecule has 132 valence electrons. The first-order chi connectivity index (χ1) is 11.5. The van der Waals surface area contributed by atoms with Crippen molar-refractivity contribution in [1.29, 1.82) is 0 Å². The monoisotopic (exact) mass is 332 g/mol. The number of hydrogen-bond acceptors (Lipinski definition) is 3. The van der Waals surface area contributed by atoms with Crippen molar-refractivity contribution in [2.24, 2.45) is 0 Å². The fourth-order valence-electron chi connectivity index (χ4n) is 3.34. The lowest BCUT2D eigenvalue weighted by Gasteiger charge is -2.33. The molecule has 5 nitrogen and oxygen atoms in total. The summed E-state index contributed by atoms with van der Waals surface area (Å²) in [7, 11) is 1.58. The van der Waals surface area contributed by atoms with Crippen LogP contribution in [0.25, 0.3) is 0 Å². The Bertz CT molecular complexity index is 580. The van der Waals surface area contributed by atoms with Gasteiger partial charge in [0.2, 0.25) is 11.8 Å². The predicted molar refractivity (Wildman–Crippen MR) is 95.2 cm³/mol. The first-order valence-electron chi connectivity index (χ1n) is 8.73. The van der Waals surface area contributed by atoms with Crippen LogP contribution in [0.15, 0.2) is 18.2 Å². The molecule has 1 aliphatic carbocycles. The van der Waals surface area contributed by atoms with Crippen molar-refractivity contribution >= 4 is 17.5 Å². The standard InChI is InChI=1S/C19H28N2O3/c1-14-9-10-18(24-3)17(13-14)20-19(23)11-12-21(15(2)22)16-7-5-4-6-8-16/h9-10,13,16H,4-8,11-12H2,1-3H3,(H,20,23). The lowest BCUT2D eigenvalue weighted by Crippen LogP contribution is -2.41. The molecule has 1 aromatic carbocycles. The molecule has 0 spiro atoms. The second-order valence-corrected chi connectivity index (χ2v) is 6.51. The zero-order chi connectivity index (χ0) is 17.5. The summed E-state index contributed by atoms with van der Waals surface area (Å²) < 4.78 is 5.28. The molecule has 0 radical (unpaired) electrons. The maximum absolute atomic E-state index is 12.3. The van der Waals surface area contributed by atoms with Gasteiger partial charge in [-0.2, -0.15) is 0 Å². The summed E-state index contributed by atoms with van der Waals surface area (Å²) in [5.41, 5.74) is 1.73. The Labute approximate surface area is 144 Å². The number of methoxy groups -OCH3 is 1. The van der Waals surface area contributed by atoms with Crippen LogP contribution >= 0.6 is 0 Å². The van der Waals surface area contributed by atoms with E-state index in [4.69, 9.17) is 4.74 Å². The van der Waals surface area contributed by atoms with Crippen molar-refractivity contribution in [3.8, 4) is 5.75 Å². The van der Waals surface area contributed by atoms with E-state index >= 15 is 0 Å². The first kappa shape index (κ1) is 18.3. The van der Waals surface area contributed by atoms with E-state index in [0.29, 0.717) is 24.4 Å². The molecule has 0 unspecified atom stereocenters. The predicted octanol–water partition coefficient (Wildman–Crippen LogP) is 3.51. The molecular formula is C19H28N2O3. The van der Waals surface area contributed by atoms with E-state index in [1.807, 2.05) is 30.0 Å². The summed E-state index contributed by atoms with van der Waals surface area (Å²) >= 11 is 0. The van der Waals surface area contributed by atoms with Gasteiger partial charge in [0.05, 0.1) is 12.8 Å². The molecule has 2 rings (SSSR count). The number of amides is 2. The topological polar surface area (TPSA) is 58.6 Å². The normalized spacial score (nSPS) is 15.0. The summed E-state index contributed by atoms with van der Waals surface area (Å²) in [5, 5.41) is 2.90. The highest BCUT2D eigenvalue weighted by atomic mass is 16.5. The molecule has 0 saturated heterocycles. The van der Waals surface area contributed by atoms with Crippen LogP contribution in [0.5, 0.6) is 5.75 Å². The average Bonchev–Trinajstić information content (AvgIpc) is 2.56. The second kappa shape index (κ2) is 8.71. The number of anilines is 1. The molecule has 0 heterocycles. The van der Waals surface area contributed by atoms with Crippen LogP contribution in [0.1, 0.15) is 51.0 Å². The Morgan fingerprint density at radius 2 is 1.96 bits per heavy atom. The van der Waals surface area contributed by atoms with Crippen molar-refractivity contribution in [1.82, 2.24) is 4.90 Å². The van der Waals surface area contributed by atoms with Gasteiger partial charge in [0.25, 0.3) is 0 Å². The number of nitrogens with one attached hydrogen (secondary N) is 1. The van der Waals surface area contributed by atoms with E-state index in [-0.39, 0.29) is 17.9 Å². The van der Waals surface area contributed by atoms with Crippen LogP contribution in [-0.4, -0.2) is 36.4 Å². The van der Waals surface area contributed by atoms with Crippen LogP contribution in [-0.2, 0) is 9.59 Å². The van der Waals surface area contributed by atoms with Crippen LogP contribution in [0.3, 0.4) is 0 Å². The average molecular weight is 332 g/mol. The molecule has 0 aliphatic heterocycles. The molecule has 1 aliphatic rings. The van der Waals surface area contributed by atoms with Crippen LogP contribution in [0, 0.1) is 6.92 Å². The molecule has 2 amide bonds. The third-order valence-corrected chi connectivity index (χ3v) is 4.63. The minimum absolute atomic E-state index is 0.0582. The summed E-state index contributed by atoms with van der Waals surface area (Å²) in [6.45, 7) is 4.03. The Morgan fingerprint density at radius 1 is 1.25 bits per heavy atom. The summed E-state index contributed by atoms with van der Waals surface area (Å²) in [6, 6.07) is 5.96. The summed E-state index contributed by atoms with van der Waals surface area (Å²) in [5.74, 6) is 0.605. The fourth-order valence-corrected chi connectivity index (χ4v) is 3.34. The van der Waals surface area contributed by atoms with Crippen LogP contribution in [0.2, 0.25) is 0 Å². The highest BCUT2D eigenvalue weighted by Crippen LogP contribution is 2.26. The SMILES string of the molecule is COc1ccc(C)cc1NC(=O)CCN(C(C)=O)C1CCCCC1. The number of aryl methyl sites for hydroxylation is 1. The highest BCUT2D eigenvalue weighted by Gasteiger charge is 2.23. The van der Waals surface area contributed by atoms with Gasteiger partial charge in [-0.05, 0) is 37.5 Å². The maximum atomic E-state index is 12.3. The molecule has 1 aromatic rings. The molecule has 1 saturated carbocycles. The van der Waals surface area contributed by atoms with E-state index in [1.165, 1.54) is 19.3 Å². The summed E-state index contributed by atoms with van der Waals surface area (Å²) in [4.78, 5) is 26.1. The van der Waals surface area contributed by atoms with Crippen molar-refractivity contribution in [3.05, 3.63) is 23.8 Å². The van der Waals surface area contributed by atoms with Gasteiger partial charge < -0.3 is 15.0 Å². The molecule has 0 aromatic heterocycles. The van der Waals surface area contributed by atoms with Crippen molar-refractivity contribution in [2.75, 3.05) is 19.0 Å². The second-order valence-electron chi connectivity index (χ2n) is 6.51. The first-order valence-corrected chi connectivity index (χ1v) is 8.73. The fraction of sp³-hybridized carbons (Fsp3) is 0.579. The number of ether oxygens (including phenoxy) is 1. The van der Waals surface area contributed by atoms with Gasteiger partial charge in [-0.25, -0.2) is 0 Å². The quantitative estimate of drug-likeness (QED) is 0.867. The number of carbonyl (C=O) groups excluding carboxylic acids is 2. The largest absolute Gasteiger partial charge is 0.495 e. The van der Waals surface area contributed by atoms with E-state index < -0.39 is 0 Å². The Hall–Kier alpha value is -2.04. The smallest absolute Gasteiger partial charge is 0.226 e. The van der Waals surface area contributed by atoms with Crippen molar-refractivity contribution in [3.63, 3.8) is 0 Å². The maximum Gasteiger partial charge on any atom is 0.226 e. The Balaban J connectivity index is 1.93. The van der Waals surface area contributed by atoms with E-state index in [2.05, 4.69) is 5.32 Å². The number of carbonyl (C=O) groups is 2.